The van der Waals surface area contributed by atoms with Crippen molar-refractivity contribution in [2.75, 3.05) is 0 Å². The minimum Gasteiger partial charge on any atom is -0.280 e. The maximum absolute atomic E-state index is 11.9. The van der Waals surface area contributed by atoms with Crippen LogP contribution < -0.4 is 0 Å². The highest BCUT2D eigenvalue weighted by atomic mass is 16.2. The van der Waals surface area contributed by atoms with E-state index in [2.05, 4.69) is 0 Å². The lowest BCUT2D eigenvalue weighted by atomic mass is 9.85. The van der Waals surface area contributed by atoms with Gasteiger partial charge in [-0.3, -0.25) is 14.5 Å². The number of hydrogen-bond donors (Lipinski definition) is 0. The normalized spacial score (nSPS) is 31.5. The Hall–Kier alpha value is -1.12. The van der Waals surface area contributed by atoms with Crippen LogP contribution >= 0.6 is 0 Å². The first-order chi connectivity index (χ1) is 6.63. The zero-order valence-corrected chi connectivity index (χ0v) is 8.56. The SMILES string of the molecule is CC(C)N1C(=O)[C@H]2CC=CC[C@H]2C1=O. The molecule has 0 unspecified atom stereocenters. The molecule has 0 N–H and O–H groups in total. The molecule has 3 nitrogen and oxygen atoms in total. The molecule has 1 heterocycles. The number of rotatable bonds is 1. The predicted octanol–water partition coefficient (Wildman–Crippen LogP) is 1.35. The molecule has 0 aromatic rings. The van der Waals surface area contributed by atoms with E-state index < -0.39 is 0 Å². The van der Waals surface area contributed by atoms with E-state index in [0.717, 1.165) is 12.8 Å². The van der Waals surface area contributed by atoms with Crippen molar-refractivity contribution in [2.45, 2.75) is 32.7 Å². The number of carbonyl (C=O) groups is 2. The summed E-state index contributed by atoms with van der Waals surface area (Å²) in [6, 6.07) is 0.000556. The van der Waals surface area contributed by atoms with Gasteiger partial charge in [0.15, 0.2) is 0 Å². The summed E-state index contributed by atoms with van der Waals surface area (Å²) >= 11 is 0. The van der Waals surface area contributed by atoms with E-state index >= 15 is 0 Å². The van der Waals surface area contributed by atoms with Gasteiger partial charge in [-0.2, -0.15) is 0 Å². The van der Waals surface area contributed by atoms with Crippen molar-refractivity contribution in [1.29, 1.82) is 0 Å². The highest BCUT2D eigenvalue weighted by Crippen LogP contribution is 2.35. The molecule has 0 aromatic heterocycles. The zero-order chi connectivity index (χ0) is 10.3. The topological polar surface area (TPSA) is 37.4 Å². The van der Waals surface area contributed by atoms with E-state index in [-0.39, 0.29) is 29.7 Å². The van der Waals surface area contributed by atoms with Crippen LogP contribution in [0.3, 0.4) is 0 Å². The second-order valence-corrected chi connectivity index (χ2v) is 4.30. The fourth-order valence-corrected chi connectivity index (χ4v) is 2.33. The third-order valence-corrected chi connectivity index (χ3v) is 3.06. The quantitative estimate of drug-likeness (QED) is 0.465. The monoisotopic (exact) mass is 193 g/mol. The van der Waals surface area contributed by atoms with E-state index in [0.29, 0.717) is 0 Å². The summed E-state index contributed by atoms with van der Waals surface area (Å²) in [5, 5.41) is 0. The lowest BCUT2D eigenvalue weighted by Crippen LogP contribution is -2.37. The molecule has 0 radical (unpaired) electrons. The van der Waals surface area contributed by atoms with Gasteiger partial charge in [0, 0.05) is 6.04 Å². The van der Waals surface area contributed by atoms with Crippen molar-refractivity contribution >= 4 is 11.8 Å². The third kappa shape index (κ3) is 1.19. The molecule has 1 aliphatic carbocycles. The first-order valence-electron chi connectivity index (χ1n) is 5.15. The van der Waals surface area contributed by atoms with Gasteiger partial charge in [-0.05, 0) is 26.7 Å². The van der Waals surface area contributed by atoms with Gasteiger partial charge in [0.25, 0.3) is 0 Å². The van der Waals surface area contributed by atoms with Crippen LogP contribution in [0.15, 0.2) is 12.2 Å². The van der Waals surface area contributed by atoms with Crippen LogP contribution in [0.5, 0.6) is 0 Å². The molecule has 0 spiro atoms. The van der Waals surface area contributed by atoms with Crippen LogP contribution in [-0.2, 0) is 9.59 Å². The summed E-state index contributed by atoms with van der Waals surface area (Å²) in [5.41, 5.74) is 0. The Morgan fingerprint density at radius 3 is 1.93 bits per heavy atom. The molecule has 3 heteroatoms. The Bertz CT molecular complexity index is 280. The maximum Gasteiger partial charge on any atom is 0.233 e. The van der Waals surface area contributed by atoms with Crippen LogP contribution in [-0.4, -0.2) is 22.8 Å². The number of amides is 2. The van der Waals surface area contributed by atoms with E-state index in [1.807, 2.05) is 26.0 Å². The second kappa shape index (κ2) is 3.23. The van der Waals surface area contributed by atoms with E-state index in [4.69, 9.17) is 0 Å². The standard InChI is InChI=1S/C11H15NO2/c1-7(2)12-10(13)8-5-3-4-6-9(8)11(12)14/h3-4,7-9H,5-6H2,1-2H3/t8-,9+. The molecule has 2 atom stereocenters. The van der Waals surface area contributed by atoms with Crippen molar-refractivity contribution in [3.05, 3.63) is 12.2 Å². The van der Waals surface area contributed by atoms with Gasteiger partial charge < -0.3 is 0 Å². The molecule has 1 fully saturated rings. The molecule has 2 aliphatic rings. The molecule has 0 saturated carbocycles. The Morgan fingerprint density at radius 2 is 1.57 bits per heavy atom. The van der Waals surface area contributed by atoms with E-state index in [9.17, 15) is 9.59 Å². The lowest BCUT2D eigenvalue weighted by molar-refractivity contribution is -0.141. The largest absolute Gasteiger partial charge is 0.280 e. The van der Waals surface area contributed by atoms with Gasteiger partial charge in [-0.25, -0.2) is 0 Å². The number of nitrogens with zero attached hydrogens (tertiary/aromatic N) is 1. The summed E-state index contributed by atoms with van der Waals surface area (Å²) in [6.07, 6.45) is 5.49. The fourth-order valence-electron chi connectivity index (χ4n) is 2.33. The molecule has 14 heavy (non-hydrogen) atoms. The molecule has 0 bridgehead atoms. The Kier molecular flexibility index (Phi) is 2.17. The summed E-state index contributed by atoms with van der Waals surface area (Å²) in [4.78, 5) is 25.2. The molecule has 0 aromatic carbocycles. The Balaban J connectivity index is 2.28. The number of hydrogen-bond acceptors (Lipinski definition) is 2. The van der Waals surface area contributed by atoms with Crippen molar-refractivity contribution < 1.29 is 9.59 Å². The summed E-state index contributed by atoms with van der Waals surface area (Å²) < 4.78 is 0. The highest BCUT2D eigenvalue weighted by Gasteiger charge is 2.47. The minimum absolute atomic E-state index is 0.000556. The van der Waals surface area contributed by atoms with Gasteiger partial charge in [0.2, 0.25) is 11.8 Å². The Labute approximate surface area is 83.8 Å². The minimum atomic E-state index is -0.0742. The van der Waals surface area contributed by atoms with Crippen molar-refractivity contribution in [1.82, 2.24) is 4.90 Å². The van der Waals surface area contributed by atoms with E-state index in [1.165, 1.54) is 4.90 Å². The fraction of sp³-hybridized carbons (Fsp3) is 0.636. The zero-order valence-electron chi connectivity index (χ0n) is 8.56. The van der Waals surface area contributed by atoms with Crippen LogP contribution in [0.4, 0.5) is 0 Å². The number of likely N-dealkylation sites (tertiary alicyclic amines) is 1. The molecule has 76 valence electrons. The first kappa shape index (κ1) is 9.44. The van der Waals surface area contributed by atoms with Crippen LogP contribution in [0.2, 0.25) is 0 Å². The van der Waals surface area contributed by atoms with Gasteiger partial charge in [-0.15, -0.1) is 0 Å². The predicted molar refractivity (Wildman–Crippen MR) is 52.3 cm³/mol. The Morgan fingerprint density at radius 1 is 1.14 bits per heavy atom. The number of fused-ring (bicyclic) bond motifs is 1. The van der Waals surface area contributed by atoms with Gasteiger partial charge >= 0.3 is 0 Å². The van der Waals surface area contributed by atoms with Gasteiger partial charge in [-0.1, -0.05) is 12.2 Å². The molecular weight excluding hydrogens is 178 g/mol. The first-order valence-corrected chi connectivity index (χ1v) is 5.15. The number of imide groups is 1. The molecular formula is C11H15NO2. The maximum atomic E-state index is 11.9. The third-order valence-electron chi connectivity index (χ3n) is 3.06. The average molecular weight is 193 g/mol. The van der Waals surface area contributed by atoms with E-state index in [1.54, 1.807) is 0 Å². The second-order valence-electron chi connectivity index (χ2n) is 4.30. The van der Waals surface area contributed by atoms with Gasteiger partial charge in [0.1, 0.15) is 0 Å². The molecule has 1 aliphatic heterocycles. The molecule has 1 saturated heterocycles. The number of carbonyl (C=O) groups excluding carboxylic acids is 2. The summed E-state index contributed by atoms with van der Waals surface area (Å²) in [5.74, 6) is -0.0940. The van der Waals surface area contributed by atoms with Crippen molar-refractivity contribution in [2.24, 2.45) is 11.8 Å². The summed E-state index contributed by atoms with van der Waals surface area (Å²) in [6.45, 7) is 3.78. The van der Waals surface area contributed by atoms with Crippen LogP contribution in [0, 0.1) is 11.8 Å². The van der Waals surface area contributed by atoms with Crippen LogP contribution in [0.25, 0.3) is 0 Å². The van der Waals surface area contributed by atoms with Crippen LogP contribution in [0.1, 0.15) is 26.7 Å². The van der Waals surface area contributed by atoms with Crippen molar-refractivity contribution in [3.63, 3.8) is 0 Å². The van der Waals surface area contributed by atoms with Gasteiger partial charge in [0.05, 0.1) is 11.8 Å². The summed E-state index contributed by atoms with van der Waals surface area (Å²) in [7, 11) is 0. The molecule has 2 amide bonds. The molecule has 2 rings (SSSR count). The highest BCUT2D eigenvalue weighted by molar-refractivity contribution is 6.05. The smallest absolute Gasteiger partial charge is 0.233 e. The average Bonchev–Trinajstić information content (AvgIpc) is 2.41. The lowest BCUT2D eigenvalue weighted by Gasteiger charge is -2.18. The number of allylic oxidation sites excluding steroid dienone is 2. The van der Waals surface area contributed by atoms with Crippen molar-refractivity contribution in [3.8, 4) is 0 Å².